The van der Waals surface area contributed by atoms with Crippen molar-refractivity contribution >= 4 is 10.8 Å². The van der Waals surface area contributed by atoms with Crippen molar-refractivity contribution in [2.45, 2.75) is 6.92 Å². The first-order chi connectivity index (χ1) is 6.72. The Hall–Kier alpha value is -1.95. The minimum Gasteiger partial charge on any atom is -0.263 e. The summed E-state index contributed by atoms with van der Waals surface area (Å²) in [6.07, 6.45) is 3.09. The number of pyridine rings is 1. The van der Waals surface area contributed by atoms with Crippen LogP contribution in [0.15, 0.2) is 24.5 Å². The zero-order valence-corrected chi connectivity index (χ0v) is 7.58. The van der Waals surface area contributed by atoms with Crippen LogP contribution in [-0.2, 0) is 0 Å². The highest BCUT2D eigenvalue weighted by atomic mass is 19.1. The Labute approximate surface area is 80.6 Å². The summed E-state index contributed by atoms with van der Waals surface area (Å²) in [5.41, 5.74) is 1.20. The Balaban J connectivity index is 2.95. The predicted octanol–water partition coefficient (Wildman–Crippen LogP) is 2.55. The quantitative estimate of drug-likeness (QED) is 0.634. The highest BCUT2D eigenvalue weighted by Crippen LogP contribution is 2.21. The smallest absolute Gasteiger partial charge is 0.124 e. The van der Waals surface area contributed by atoms with E-state index in [1.165, 1.54) is 18.3 Å². The second-order valence-corrected chi connectivity index (χ2v) is 3.12. The Morgan fingerprint density at radius 1 is 1.29 bits per heavy atom. The van der Waals surface area contributed by atoms with Crippen molar-refractivity contribution in [1.29, 1.82) is 5.26 Å². The van der Waals surface area contributed by atoms with E-state index in [0.29, 0.717) is 10.9 Å². The number of benzene rings is 1. The van der Waals surface area contributed by atoms with Gasteiger partial charge in [0, 0.05) is 23.2 Å². The summed E-state index contributed by atoms with van der Waals surface area (Å²) in [6, 6.07) is 4.79. The van der Waals surface area contributed by atoms with E-state index in [4.69, 9.17) is 5.26 Å². The average Bonchev–Trinajstić information content (AvgIpc) is 2.17. The Morgan fingerprint density at radius 2 is 2.07 bits per heavy atom. The second-order valence-electron chi connectivity index (χ2n) is 3.12. The lowest BCUT2D eigenvalue weighted by Gasteiger charge is -2.02. The third kappa shape index (κ3) is 1.21. The molecule has 0 spiro atoms. The molecule has 0 aliphatic heterocycles. The molecule has 0 aliphatic rings. The zero-order valence-electron chi connectivity index (χ0n) is 7.58. The predicted molar refractivity (Wildman–Crippen MR) is 51.2 cm³/mol. The molecule has 0 radical (unpaired) electrons. The van der Waals surface area contributed by atoms with Crippen molar-refractivity contribution in [3.63, 3.8) is 0 Å². The zero-order chi connectivity index (χ0) is 10.1. The first-order valence-corrected chi connectivity index (χ1v) is 4.16. The van der Waals surface area contributed by atoms with E-state index in [-0.39, 0.29) is 5.82 Å². The van der Waals surface area contributed by atoms with Crippen molar-refractivity contribution in [2.24, 2.45) is 0 Å². The van der Waals surface area contributed by atoms with Gasteiger partial charge in [0.15, 0.2) is 0 Å². The standard InChI is InChI=1S/C11H7FN2/c1-7-2-9(12)3-10-8(4-13)5-14-6-11(7)10/h2-3,5-6H,1H3. The number of rotatable bonds is 0. The maximum atomic E-state index is 13.1. The second kappa shape index (κ2) is 3.08. The van der Waals surface area contributed by atoms with E-state index >= 15 is 0 Å². The SMILES string of the molecule is Cc1cc(F)cc2c(C#N)cncc12. The van der Waals surface area contributed by atoms with Crippen LogP contribution < -0.4 is 0 Å². The molecule has 2 rings (SSSR count). The lowest BCUT2D eigenvalue weighted by molar-refractivity contribution is 0.628. The molecule has 0 aliphatic carbocycles. The first kappa shape index (κ1) is 8.64. The molecule has 0 amide bonds. The molecule has 1 aromatic heterocycles. The number of nitrogens with zero attached hydrogens (tertiary/aromatic N) is 2. The van der Waals surface area contributed by atoms with Gasteiger partial charge in [-0.1, -0.05) is 0 Å². The Kier molecular flexibility index (Phi) is 1.90. The molecule has 3 heteroatoms. The molecule has 1 heterocycles. The van der Waals surface area contributed by atoms with Crippen LogP contribution in [0, 0.1) is 24.1 Å². The molecule has 0 saturated carbocycles. The summed E-state index contributed by atoms with van der Waals surface area (Å²) < 4.78 is 13.1. The maximum Gasteiger partial charge on any atom is 0.124 e. The third-order valence-electron chi connectivity index (χ3n) is 2.17. The van der Waals surface area contributed by atoms with E-state index in [1.807, 2.05) is 6.07 Å². The van der Waals surface area contributed by atoms with Gasteiger partial charge in [0.2, 0.25) is 0 Å². The highest BCUT2D eigenvalue weighted by molar-refractivity contribution is 5.89. The molecular weight excluding hydrogens is 179 g/mol. The van der Waals surface area contributed by atoms with Gasteiger partial charge < -0.3 is 0 Å². The number of aromatic nitrogens is 1. The summed E-state index contributed by atoms with van der Waals surface area (Å²) in [6.45, 7) is 1.80. The summed E-state index contributed by atoms with van der Waals surface area (Å²) >= 11 is 0. The summed E-state index contributed by atoms with van der Waals surface area (Å²) in [5, 5.41) is 10.3. The van der Waals surface area contributed by atoms with Gasteiger partial charge in [0.25, 0.3) is 0 Å². The third-order valence-corrected chi connectivity index (χ3v) is 2.17. The molecule has 2 aromatic rings. The van der Waals surface area contributed by atoms with Gasteiger partial charge in [0.1, 0.15) is 11.9 Å². The molecule has 0 N–H and O–H groups in total. The normalized spacial score (nSPS) is 10.1. The van der Waals surface area contributed by atoms with E-state index in [1.54, 1.807) is 13.1 Å². The van der Waals surface area contributed by atoms with Crippen molar-refractivity contribution < 1.29 is 4.39 Å². The van der Waals surface area contributed by atoms with Crippen LogP contribution in [0.5, 0.6) is 0 Å². The molecule has 14 heavy (non-hydrogen) atoms. The monoisotopic (exact) mass is 186 g/mol. The average molecular weight is 186 g/mol. The lowest BCUT2D eigenvalue weighted by atomic mass is 10.0. The van der Waals surface area contributed by atoms with Crippen LogP contribution in [0.1, 0.15) is 11.1 Å². The van der Waals surface area contributed by atoms with Crippen molar-refractivity contribution in [2.75, 3.05) is 0 Å². The lowest BCUT2D eigenvalue weighted by Crippen LogP contribution is -1.87. The van der Waals surface area contributed by atoms with Crippen molar-refractivity contribution in [1.82, 2.24) is 4.98 Å². The molecular formula is C11H7FN2. The van der Waals surface area contributed by atoms with Gasteiger partial charge in [-0.2, -0.15) is 5.26 Å². The maximum absolute atomic E-state index is 13.1. The molecule has 0 saturated heterocycles. The number of hydrogen-bond acceptors (Lipinski definition) is 2. The van der Waals surface area contributed by atoms with Crippen molar-refractivity contribution in [3.8, 4) is 6.07 Å². The number of aryl methyl sites for hydroxylation is 1. The topological polar surface area (TPSA) is 36.7 Å². The van der Waals surface area contributed by atoms with Gasteiger partial charge in [-0.15, -0.1) is 0 Å². The van der Waals surface area contributed by atoms with Crippen LogP contribution in [0.3, 0.4) is 0 Å². The number of halogens is 1. The van der Waals surface area contributed by atoms with Crippen LogP contribution in [0.2, 0.25) is 0 Å². The van der Waals surface area contributed by atoms with Gasteiger partial charge >= 0.3 is 0 Å². The highest BCUT2D eigenvalue weighted by Gasteiger charge is 2.05. The minimum absolute atomic E-state index is 0.322. The first-order valence-electron chi connectivity index (χ1n) is 4.16. The fourth-order valence-corrected chi connectivity index (χ4v) is 1.49. The summed E-state index contributed by atoms with van der Waals surface area (Å²) in [5.74, 6) is -0.322. The molecule has 1 aromatic carbocycles. The molecule has 2 nitrogen and oxygen atoms in total. The fourth-order valence-electron chi connectivity index (χ4n) is 1.49. The van der Waals surface area contributed by atoms with Gasteiger partial charge in [-0.3, -0.25) is 4.98 Å². The molecule has 0 bridgehead atoms. The van der Waals surface area contributed by atoms with Crippen LogP contribution in [0.25, 0.3) is 10.8 Å². The molecule has 0 fully saturated rings. The van der Waals surface area contributed by atoms with Crippen LogP contribution >= 0.6 is 0 Å². The molecule has 0 atom stereocenters. The van der Waals surface area contributed by atoms with E-state index < -0.39 is 0 Å². The molecule has 0 unspecified atom stereocenters. The van der Waals surface area contributed by atoms with Gasteiger partial charge in [-0.25, -0.2) is 4.39 Å². The van der Waals surface area contributed by atoms with Gasteiger partial charge in [0.05, 0.1) is 5.56 Å². The van der Waals surface area contributed by atoms with Crippen molar-refractivity contribution in [3.05, 3.63) is 41.5 Å². The van der Waals surface area contributed by atoms with Crippen LogP contribution in [0.4, 0.5) is 4.39 Å². The Bertz CT molecular complexity index is 541. The van der Waals surface area contributed by atoms with Gasteiger partial charge in [-0.05, 0) is 24.6 Å². The van der Waals surface area contributed by atoms with E-state index in [2.05, 4.69) is 4.98 Å². The van der Waals surface area contributed by atoms with E-state index in [0.717, 1.165) is 10.9 Å². The largest absolute Gasteiger partial charge is 0.263 e. The Morgan fingerprint density at radius 3 is 2.79 bits per heavy atom. The summed E-state index contributed by atoms with van der Waals surface area (Å²) in [4.78, 5) is 3.93. The summed E-state index contributed by atoms with van der Waals surface area (Å²) in [7, 11) is 0. The number of hydrogen-bond donors (Lipinski definition) is 0. The van der Waals surface area contributed by atoms with Crippen LogP contribution in [-0.4, -0.2) is 4.98 Å². The fraction of sp³-hybridized carbons (Fsp3) is 0.0909. The minimum atomic E-state index is -0.322. The number of fused-ring (bicyclic) bond motifs is 1. The van der Waals surface area contributed by atoms with E-state index in [9.17, 15) is 4.39 Å². The number of nitriles is 1. The molecule has 68 valence electrons.